The minimum atomic E-state index is -0.832. The van der Waals surface area contributed by atoms with Gasteiger partial charge in [0.25, 0.3) is 0 Å². The summed E-state index contributed by atoms with van der Waals surface area (Å²) in [4.78, 5) is 26.1. The Bertz CT molecular complexity index is 610. The van der Waals surface area contributed by atoms with Gasteiger partial charge in [-0.1, -0.05) is 11.6 Å². The minimum Gasteiger partial charge on any atom is -0.481 e. The molecule has 0 aromatic heterocycles. The number of nitrogens with one attached hydrogen (secondary N) is 1. The molecule has 2 heterocycles. The predicted molar refractivity (Wildman–Crippen MR) is 85.4 cm³/mol. The molecule has 2 atom stereocenters. The lowest BCUT2D eigenvalue weighted by Crippen LogP contribution is -2.41. The zero-order valence-electron chi connectivity index (χ0n) is 11.9. The maximum absolute atomic E-state index is 12.4. The van der Waals surface area contributed by atoms with E-state index in [0.717, 1.165) is 22.6 Å². The van der Waals surface area contributed by atoms with Crippen LogP contribution in [0.2, 0.25) is 5.02 Å². The summed E-state index contributed by atoms with van der Waals surface area (Å²) in [6.45, 7) is 0.776. The maximum atomic E-state index is 12.4. The summed E-state index contributed by atoms with van der Waals surface area (Å²) < 4.78 is 0. The average Bonchev–Trinajstić information content (AvgIpc) is 2.98. The SMILES string of the molecule is O=C(O)C1CCN(C(=O)NC2CCSc3ccc(Cl)cc32)C1. The molecule has 3 rings (SSSR count). The molecule has 0 spiro atoms. The number of hydrogen-bond donors (Lipinski definition) is 2. The van der Waals surface area contributed by atoms with Crippen LogP contribution in [0.25, 0.3) is 0 Å². The van der Waals surface area contributed by atoms with E-state index in [2.05, 4.69) is 5.32 Å². The number of amides is 2. The molecule has 2 aliphatic heterocycles. The molecular formula is C15H17ClN2O3S. The van der Waals surface area contributed by atoms with E-state index >= 15 is 0 Å². The van der Waals surface area contributed by atoms with E-state index in [0.29, 0.717) is 18.0 Å². The van der Waals surface area contributed by atoms with Crippen LogP contribution in [0.1, 0.15) is 24.4 Å². The van der Waals surface area contributed by atoms with Crippen LogP contribution >= 0.6 is 23.4 Å². The molecule has 7 heteroatoms. The quantitative estimate of drug-likeness (QED) is 0.868. The lowest BCUT2D eigenvalue weighted by Gasteiger charge is -2.28. The number of urea groups is 1. The van der Waals surface area contributed by atoms with Gasteiger partial charge in [0.05, 0.1) is 12.0 Å². The minimum absolute atomic E-state index is 0.0636. The smallest absolute Gasteiger partial charge is 0.317 e. The van der Waals surface area contributed by atoms with Crippen LogP contribution in [0.4, 0.5) is 4.79 Å². The molecule has 2 amide bonds. The van der Waals surface area contributed by atoms with E-state index < -0.39 is 11.9 Å². The van der Waals surface area contributed by atoms with Crippen molar-refractivity contribution in [1.29, 1.82) is 0 Å². The third-order valence-corrected chi connectivity index (χ3v) is 5.49. The second kappa shape index (κ2) is 6.38. The van der Waals surface area contributed by atoms with Crippen molar-refractivity contribution in [2.24, 2.45) is 5.92 Å². The molecule has 0 bridgehead atoms. The van der Waals surface area contributed by atoms with E-state index in [1.807, 2.05) is 18.2 Å². The summed E-state index contributed by atoms with van der Waals surface area (Å²) in [5.41, 5.74) is 1.05. The number of carboxylic acids is 1. The van der Waals surface area contributed by atoms with Crippen molar-refractivity contribution in [3.63, 3.8) is 0 Å². The Morgan fingerprint density at radius 3 is 2.91 bits per heavy atom. The van der Waals surface area contributed by atoms with Crippen molar-refractivity contribution in [2.45, 2.75) is 23.8 Å². The molecule has 118 valence electrons. The molecule has 22 heavy (non-hydrogen) atoms. The van der Waals surface area contributed by atoms with Gasteiger partial charge < -0.3 is 15.3 Å². The molecule has 1 aromatic carbocycles. The number of carbonyl (C=O) groups excluding carboxylic acids is 1. The topological polar surface area (TPSA) is 69.6 Å². The van der Waals surface area contributed by atoms with Gasteiger partial charge in [0.15, 0.2) is 0 Å². The highest BCUT2D eigenvalue weighted by Gasteiger charge is 2.32. The van der Waals surface area contributed by atoms with Crippen molar-refractivity contribution in [1.82, 2.24) is 10.2 Å². The van der Waals surface area contributed by atoms with Gasteiger partial charge in [-0.3, -0.25) is 4.79 Å². The molecule has 2 N–H and O–H groups in total. The van der Waals surface area contributed by atoms with Crippen LogP contribution in [-0.2, 0) is 4.79 Å². The number of thioether (sulfide) groups is 1. The summed E-state index contributed by atoms with van der Waals surface area (Å²) in [6.07, 6.45) is 1.37. The molecule has 0 saturated carbocycles. The maximum Gasteiger partial charge on any atom is 0.317 e. The molecule has 2 aliphatic rings. The first-order valence-electron chi connectivity index (χ1n) is 7.25. The van der Waals surface area contributed by atoms with E-state index in [1.54, 1.807) is 16.7 Å². The van der Waals surface area contributed by atoms with Gasteiger partial charge in [-0.25, -0.2) is 4.79 Å². The van der Waals surface area contributed by atoms with Crippen molar-refractivity contribution >= 4 is 35.4 Å². The van der Waals surface area contributed by atoms with Crippen molar-refractivity contribution in [3.8, 4) is 0 Å². The Hall–Kier alpha value is -1.40. The van der Waals surface area contributed by atoms with E-state index in [9.17, 15) is 9.59 Å². The number of benzene rings is 1. The first-order chi connectivity index (χ1) is 10.5. The van der Waals surface area contributed by atoms with Gasteiger partial charge in [0.1, 0.15) is 0 Å². The van der Waals surface area contributed by atoms with Crippen LogP contribution in [0.5, 0.6) is 0 Å². The van der Waals surface area contributed by atoms with Crippen LogP contribution < -0.4 is 5.32 Å². The lowest BCUT2D eigenvalue weighted by molar-refractivity contribution is -0.141. The third-order valence-electron chi connectivity index (χ3n) is 4.13. The van der Waals surface area contributed by atoms with Crippen LogP contribution in [-0.4, -0.2) is 40.8 Å². The summed E-state index contributed by atoms with van der Waals surface area (Å²) in [7, 11) is 0. The predicted octanol–water partition coefficient (Wildman–Crippen LogP) is 2.99. The molecule has 5 nitrogen and oxygen atoms in total. The molecule has 1 aromatic rings. The zero-order valence-corrected chi connectivity index (χ0v) is 13.5. The van der Waals surface area contributed by atoms with Crippen LogP contribution in [0, 0.1) is 5.92 Å². The number of hydrogen-bond acceptors (Lipinski definition) is 3. The summed E-state index contributed by atoms with van der Waals surface area (Å²) in [6, 6.07) is 5.49. The molecule has 0 radical (unpaired) electrons. The zero-order chi connectivity index (χ0) is 15.7. The van der Waals surface area contributed by atoms with Gasteiger partial charge >= 0.3 is 12.0 Å². The Kier molecular flexibility index (Phi) is 4.49. The summed E-state index contributed by atoms with van der Waals surface area (Å²) in [5, 5.41) is 12.7. The number of halogens is 1. The number of likely N-dealkylation sites (tertiary alicyclic amines) is 1. The molecular weight excluding hydrogens is 324 g/mol. The first-order valence-corrected chi connectivity index (χ1v) is 8.61. The highest BCUT2D eigenvalue weighted by atomic mass is 35.5. The number of rotatable bonds is 2. The standard InChI is InChI=1S/C15H17ClN2O3S/c16-10-1-2-13-11(7-10)12(4-6-22-13)17-15(21)18-5-3-9(8-18)14(19)20/h1-2,7,9,12H,3-6,8H2,(H,17,21)(H,19,20). The number of nitrogens with zero attached hydrogens (tertiary/aromatic N) is 1. The van der Waals surface area contributed by atoms with Gasteiger partial charge in [0.2, 0.25) is 0 Å². The lowest BCUT2D eigenvalue weighted by atomic mass is 10.0. The van der Waals surface area contributed by atoms with Gasteiger partial charge in [-0.05, 0) is 36.6 Å². The summed E-state index contributed by atoms with van der Waals surface area (Å²) in [5.74, 6) is -0.340. The third kappa shape index (κ3) is 3.17. The fraction of sp³-hybridized carbons (Fsp3) is 0.467. The highest BCUT2D eigenvalue weighted by molar-refractivity contribution is 7.99. The van der Waals surface area contributed by atoms with Gasteiger partial charge in [-0.15, -0.1) is 11.8 Å². The van der Waals surface area contributed by atoms with Crippen molar-refractivity contribution < 1.29 is 14.7 Å². The average molecular weight is 341 g/mol. The molecule has 2 unspecified atom stereocenters. The first kappa shape index (κ1) is 15.5. The number of aliphatic carboxylic acids is 1. The molecule has 1 fully saturated rings. The molecule has 1 saturated heterocycles. The number of carboxylic acid groups (broad SMARTS) is 1. The number of fused-ring (bicyclic) bond motifs is 1. The van der Waals surface area contributed by atoms with Gasteiger partial charge in [-0.2, -0.15) is 0 Å². The Morgan fingerprint density at radius 2 is 2.18 bits per heavy atom. The fourth-order valence-corrected chi connectivity index (χ4v) is 4.19. The monoisotopic (exact) mass is 340 g/mol. The van der Waals surface area contributed by atoms with Crippen LogP contribution in [0.15, 0.2) is 23.1 Å². The Balaban J connectivity index is 1.68. The fourth-order valence-electron chi connectivity index (χ4n) is 2.90. The Morgan fingerprint density at radius 1 is 1.36 bits per heavy atom. The van der Waals surface area contributed by atoms with Gasteiger partial charge in [0, 0.05) is 28.8 Å². The second-order valence-electron chi connectivity index (χ2n) is 5.59. The highest BCUT2D eigenvalue weighted by Crippen LogP contribution is 2.37. The summed E-state index contributed by atoms with van der Waals surface area (Å²) >= 11 is 7.83. The number of carbonyl (C=O) groups is 2. The second-order valence-corrected chi connectivity index (χ2v) is 7.16. The van der Waals surface area contributed by atoms with Crippen molar-refractivity contribution in [2.75, 3.05) is 18.8 Å². The van der Waals surface area contributed by atoms with E-state index in [4.69, 9.17) is 16.7 Å². The van der Waals surface area contributed by atoms with Crippen molar-refractivity contribution in [3.05, 3.63) is 28.8 Å². The van der Waals surface area contributed by atoms with E-state index in [-0.39, 0.29) is 18.6 Å². The largest absolute Gasteiger partial charge is 0.481 e. The normalized spacial score (nSPS) is 24.0. The molecule has 0 aliphatic carbocycles. The van der Waals surface area contributed by atoms with Crippen LogP contribution in [0.3, 0.4) is 0 Å². The van der Waals surface area contributed by atoms with E-state index in [1.165, 1.54) is 0 Å². The Labute approximate surface area is 138 Å².